The van der Waals surface area contributed by atoms with Crippen LogP contribution >= 0.6 is 11.6 Å². The zero-order valence-electron chi connectivity index (χ0n) is 17.3. The van der Waals surface area contributed by atoms with Crippen molar-refractivity contribution in [1.82, 2.24) is 14.7 Å². The Bertz CT molecular complexity index is 1510. The van der Waals surface area contributed by atoms with Gasteiger partial charge in [-0.1, -0.05) is 28.9 Å². The number of hydrogen-bond acceptors (Lipinski definition) is 6. The van der Waals surface area contributed by atoms with Gasteiger partial charge in [-0.2, -0.15) is 0 Å². The van der Waals surface area contributed by atoms with E-state index in [1.54, 1.807) is 48.2 Å². The molecule has 0 aliphatic heterocycles. The molecule has 0 atom stereocenters. The van der Waals surface area contributed by atoms with Crippen molar-refractivity contribution in [2.75, 3.05) is 5.32 Å². The van der Waals surface area contributed by atoms with E-state index in [2.05, 4.69) is 20.0 Å². The number of hydrogen-bond donors (Lipinski definition) is 2. The van der Waals surface area contributed by atoms with Gasteiger partial charge in [0, 0.05) is 23.0 Å². The number of para-hydroxylation sites is 1. The molecule has 2 N–H and O–H groups in total. The third kappa shape index (κ3) is 4.01. The van der Waals surface area contributed by atoms with Crippen molar-refractivity contribution in [3.8, 4) is 17.1 Å². The molecule has 5 rings (SSSR count). The van der Waals surface area contributed by atoms with Gasteiger partial charge in [0.1, 0.15) is 23.8 Å². The highest BCUT2D eigenvalue weighted by Crippen LogP contribution is 2.31. The quantitative estimate of drug-likeness (QED) is 0.379. The lowest BCUT2D eigenvalue weighted by atomic mass is 10.1. The summed E-state index contributed by atoms with van der Waals surface area (Å²) in [4.78, 5) is 27.0. The molecule has 0 saturated heterocycles. The molecule has 0 radical (unpaired) electrons. The molecule has 3 heterocycles. The van der Waals surface area contributed by atoms with Crippen LogP contribution in [-0.4, -0.2) is 20.6 Å². The SMILES string of the molecule is Cn1c(C(=O)Nc2ccc(Cl)cc2-c2noc(=O)[nH]2)cc2cccc(OCc3ccco3)c21. The Balaban J connectivity index is 1.47. The Hall–Kier alpha value is -4.24. The molecule has 0 fully saturated rings. The second-order valence-corrected chi connectivity index (χ2v) is 7.67. The van der Waals surface area contributed by atoms with Crippen molar-refractivity contribution in [3.05, 3.63) is 87.9 Å². The van der Waals surface area contributed by atoms with E-state index >= 15 is 0 Å². The maximum atomic E-state index is 13.2. The molecular formula is C23H17ClN4O5. The van der Waals surface area contributed by atoms with Crippen LogP contribution in [0.1, 0.15) is 16.2 Å². The fourth-order valence-corrected chi connectivity index (χ4v) is 3.78. The van der Waals surface area contributed by atoms with E-state index in [1.165, 1.54) is 0 Å². The number of anilines is 1. The van der Waals surface area contributed by atoms with E-state index in [-0.39, 0.29) is 18.3 Å². The van der Waals surface area contributed by atoms with Crippen LogP contribution in [0, 0.1) is 0 Å². The lowest BCUT2D eigenvalue weighted by Crippen LogP contribution is -2.16. The Kier molecular flexibility index (Phi) is 5.23. The maximum absolute atomic E-state index is 13.2. The number of aromatic amines is 1. The molecule has 0 spiro atoms. The summed E-state index contributed by atoms with van der Waals surface area (Å²) in [6, 6.07) is 15.8. The monoisotopic (exact) mass is 464 g/mol. The Morgan fingerprint density at radius 1 is 1.21 bits per heavy atom. The highest BCUT2D eigenvalue weighted by atomic mass is 35.5. The first-order chi connectivity index (χ1) is 16.0. The molecule has 1 amide bonds. The highest BCUT2D eigenvalue weighted by Gasteiger charge is 2.19. The van der Waals surface area contributed by atoms with Crippen molar-refractivity contribution in [3.63, 3.8) is 0 Å². The Morgan fingerprint density at radius 3 is 2.85 bits per heavy atom. The number of H-pyrrole nitrogens is 1. The second kappa shape index (κ2) is 8.36. The summed E-state index contributed by atoms with van der Waals surface area (Å²) in [5, 5.41) is 7.81. The van der Waals surface area contributed by atoms with Crippen molar-refractivity contribution in [2.45, 2.75) is 6.61 Å². The molecule has 3 aromatic heterocycles. The summed E-state index contributed by atoms with van der Waals surface area (Å²) in [5.74, 6) is 0.403. The van der Waals surface area contributed by atoms with Gasteiger partial charge in [-0.15, -0.1) is 0 Å². The smallest absolute Gasteiger partial charge is 0.439 e. The Morgan fingerprint density at radius 2 is 2.09 bits per heavy atom. The van der Waals surface area contributed by atoms with E-state index < -0.39 is 5.76 Å². The first-order valence-corrected chi connectivity index (χ1v) is 10.3. The fourth-order valence-electron chi connectivity index (χ4n) is 3.61. The predicted molar refractivity (Wildman–Crippen MR) is 121 cm³/mol. The van der Waals surface area contributed by atoms with Crippen LogP contribution in [0.5, 0.6) is 5.75 Å². The Labute approximate surface area is 191 Å². The maximum Gasteiger partial charge on any atom is 0.439 e. The number of fused-ring (bicyclic) bond motifs is 1. The van der Waals surface area contributed by atoms with Gasteiger partial charge in [-0.3, -0.25) is 14.3 Å². The van der Waals surface area contributed by atoms with Crippen LogP contribution in [0.25, 0.3) is 22.3 Å². The van der Waals surface area contributed by atoms with Crippen molar-refractivity contribution < 1.29 is 18.5 Å². The summed E-state index contributed by atoms with van der Waals surface area (Å²) >= 11 is 6.10. The number of nitrogens with zero attached hydrogens (tertiary/aromatic N) is 2. The molecular weight excluding hydrogens is 448 g/mol. The number of amides is 1. The third-order valence-corrected chi connectivity index (χ3v) is 5.36. The summed E-state index contributed by atoms with van der Waals surface area (Å²) in [5.41, 5.74) is 2.01. The summed E-state index contributed by atoms with van der Waals surface area (Å²) in [6.07, 6.45) is 1.59. The highest BCUT2D eigenvalue weighted by molar-refractivity contribution is 6.31. The number of carbonyl (C=O) groups is 1. The van der Waals surface area contributed by atoms with Gasteiger partial charge in [0.25, 0.3) is 5.91 Å². The average molecular weight is 465 g/mol. The van der Waals surface area contributed by atoms with Gasteiger partial charge in [-0.25, -0.2) is 4.79 Å². The predicted octanol–water partition coefficient (Wildman–Crippen LogP) is 4.60. The van der Waals surface area contributed by atoms with Crippen LogP contribution in [0.15, 0.2) is 74.6 Å². The normalized spacial score (nSPS) is 11.1. The summed E-state index contributed by atoms with van der Waals surface area (Å²) in [7, 11) is 1.79. The number of carbonyl (C=O) groups excluding carboxylic acids is 1. The molecule has 0 bridgehead atoms. The van der Waals surface area contributed by atoms with Gasteiger partial charge < -0.3 is 19.0 Å². The van der Waals surface area contributed by atoms with Crippen molar-refractivity contribution >= 4 is 34.1 Å². The van der Waals surface area contributed by atoms with Crippen LogP contribution in [0.3, 0.4) is 0 Å². The molecule has 0 aliphatic carbocycles. The lowest BCUT2D eigenvalue weighted by molar-refractivity contribution is 0.101. The van der Waals surface area contributed by atoms with Crippen molar-refractivity contribution in [2.24, 2.45) is 7.05 Å². The molecule has 166 valence electrons. The fraction of sp³-hybridized carbons (Fsp3) is 0.0870. The minimum Gasteiger partial charge on any atom is -0.483 e. The topological polar surface area (TPSA) is 115 Å². The van der Waals surface area contributed by atoms with E-state index in [9.17, 15) is 9.59 Å². The lowest BCUT2D eigenvalue weighted by Gasteiger charge is -2.11. The third-order valence-electron chi connectivity index (χ3n) is 5.13. The summed E-state index contributed by atoms with van der Waals surface area (Å²) in [6.45, 7) is 0.267. The minimum atomic E-state index is -0.710. The number of rotatable bonds is 6. The van der Waals surface area contributed by atoms with Gasteiger partial charge in [0.05, 0.1) is 17.5 Å². The number of furan rings is 1. The van der Waals surface area contributed by atoms with Crippen LogP contribution in [-0.2, 0) is 13.7 Å². The number of aryl methyl sites for hydroxylation is 1. The number of benzene rings is 2. The molecule has 0 unspecified atom stereocenters. The van der Waals surface area contributed by atoms with E-state index in [4.69, 9.17) is 20.8 Å². The second-order valence-electron chi connectivity index (χ2n) is 7.24. The van der Waals surface area contributed by atoms with E-state index in [0.717, 1.165) is 10.9 Å². The molecule has 9 nitrogen and oxygen atoms in total. The van der Waals surface area contributed by atoms with Gasteiger partial charge in [0.15, 0.2) is 5.82 Å². The largest absolute Gasteiger partial charge is 0.483 e. The van der Waals surface area contributed by atoms with Gasteiger partial charge in [0.2, 0.25) is 0 Å². The zero-order chi connectivity index (χ0) is 22.9. The van der Waals surface area contributed by atoms with Crippen LogP contribution in [0.2, 0.25) is 5.02 Å². The first-order valence-electron chi connectivity index (χ1n) is 9.90. The molecule has 33 heavy (non-hydrogen) atoms. The van der Waals surface area contributed by atoms with Crippen LogP contribution in [0.4, 0.5) is 5.69 Å². The standard InChI is InChI=1S/C23H17ClN4O5/c1-28-18(10-13-4-2-6-19(20(13)28)32-12-15-5-3-9-31-15)22(29)25-17-8-7-14(24)11-16(17)21-26-23(30)33-27-21/h2-11H,12H2,1H3,(H,25,29)(H,26,27,30). The first kappa shape index (κ1) is 20.7. The van der Waals surface area contributed by atoms with Gasteiger partial charge >= 0.3 is 5.76 Å². The van der Waals surface area contributed by atoms with Crippen molar-refractivity contribution in [1.29, 1.82) is 0 Å². The molecule has 5 aromatic rings. The molecule has 2 aromatic carbocycles. The number of halogens is 1. The molecule has 0 saturated carbocycles. The summed E-state index contributed by atoms with van der Waals surface area (Å²) < 4.78 is 17.6. The number of ether oxygens (including phenoxy) is 1. The molecule has 10 heteroatoms. The van der Waals surface area contributed by atoms with Crippen LogP contribution < -0.4 is 15.8 Å². The number of aromatic nitrogens is 3. The van der Waals surface area contributed by atoms with E-state index in [0.29, 0.717) is 33.5 Å². The van der Waals surface area contributed by atoms with E-state index in [1.807, 2.05) is 24.3 Å². The van der Waals surface area contributed by atoms with Gasteiger partial charge in [-0.05, 0) is 42.5 Å². The minimum absolute atomic E-state index is 0.156. The zero-order valence-corrected chi connectivity index (χ0v) is 18.1. The average Bonchev–Trinajstić information content (AvgIpc) is 3.54. The molecule has 0 aliphatic rings. The number of nitrogens with one attached hydrogen (secondary N) is 2.